The summed E-state index contributed by atoms with van der Waals surface area (Å²) in [5.41, 5.74) is 0.942. The zero-order valence-corrected chi connectivity index (χ0v) is 11.6. The molecule has 0 bridgehead atoms. The first-order valence-corrected chi connectivity index (χ1v) is 7.29. The van der Waals surface area contributed by atoms with Crippen molar-refractivity contribution in [3.8, 4) is 0 Å². The highest BCUT2D eigenvalue weighted by atomic mass is 16.5. The Kier molecular flexibility index (Phi) is 3.98. The third-order valence-corrected chi connectivity index (χ3v) is 4.18. The molecule has 5 heteroatoms. The van der Waals surface area contributed by atoms with Crippen LogP contribution in [0.4, 0.5) is 0 Å². The maximum Gasteiger partial charge on any atom is 0.224 e. The standard InChI is InChI=1S/C15H21N3O2/c19-14(8-12-2-1-5-17-10-12)18-13-9-15(20-11-13)3-6-16-7-4-15/h1-2,5,10,13,16H,3-4,6-9,11H2,(H,18,19). The second kappa shape index (κ2) is 5.89. The second-order valence-corrected chi connectivity index (χ2v) is 5.75. The molecule has 3 rings (SSSR count). The Bertz CT molecular complexity index is 457. The van der Waals surface area contributed by atoms with Crippen molar-refractivity contribution >= 4 is 5.91 Å². The second-order valence-electron chi connectivity index (χ2n) is 5.75. The van der Waals surface area contributed by atoms with Crippen molar-refractivity contribution in [2.45, 2.75) is 37.3 Å². The Balaban J connectivity index is 1.50. The van der Waals surface area contributed by atoms with Crippen LogP contribution in [0.25, 0.3) is 0 Å². The molecule has 3 heterocycles. The van der Waals surface area contributed by atoms with Gasteiger partial charge < -0.3 is 15.4 Å². The molecule has 2 aliphatic heterocycles. The number of nitrogens with one attached hydrogen (secondary N) is 2. The summed E-state index contributed by atoms with van der Waals surface area (Å²) >= 11 is 0. The van der Waals surface area contributed by atoms with Gasteiger partial charge in [0.15, 0.2) is 0 Å². The Morgan fingerprint density at radius 3 is 3.10 bits per heavy atom. The van der Waals surface area contributed by atoms with E-state index in [0.29, 0.717) is 13.0 Å². The van der Waals surface area contributed by atoms with Gasteiger partial charge in [0.25, 0.3) is 0 Å². The van der Waals surface area contributed by atoms with Gasteiger partial charge in [-0.1, -0.05) is 6.07 Å². The van der Waals surface area contributed by atoms with E-state index in [1.165, 1.54) is 0 Å². The topological polar surface area (TPSA) is 63.2 Å². The van der Waals surface area contributed by atoms with Crippen LogP contribution < -0.4 is 10.6 Å². The van der Waals surface area contributed by atoms with E-state index >= 15 is 0 Å². The molecule has 1 aromatic heterocycles. The molecule has 0 saturated carbocycles. The van der Waals surface area contributed by atoms with Gasteiger partial charge in [-0.2, -0.15) is 0 Å². The van der Waals surface area contributed by atoms with Crippen molar-refractivity contribution in [1.29, 1.82) is 0 Å². The Hall–Kier alpha value is -1.46. The van der Waals surface area contributed by atoms with Crippen LogP contribution in [-0.4, -0.2) is 42.2 Å². The summed E-state index contributed by atoms with van der Waals surface area (Å²) in [6, 6.07) is 3.93. The van der Waals surface area contributed by atoms with E-state index in [1.807, 2.05) is 12.1 Å². The van der Waals surface area contributed by atoms with Crippen molar-refractivity contribution in [3.05, 3.63) is 30.1 Å². The fraction of sp³-hybridized carbons (Fsp3) is 0.600. The van der Waals surface area contributed by atoms with Gasteiger partial charge in [-0.15, -0.1) is 0 Å². The number of carbonyl (C=O) groups is 1. The van der Waals surface area contributed by atoms with E-state index < -0.39 is 0 Å². The van der Waals surface area contributed by atoms with E-state index in [9.17, 15) is 4.79 Å². The lowest BCUT2D eigenvalue weighted by molar-refractivity contribution is -0.121. The third kappa shape index (κ3) is 3.16. The predicted molar refractivity (Wildman–Crippen MR) is 75.3 cm³/mol. The minimum absolute atomic E-state index is 0.00248. The summed E-state index contributed by atoms with van der Waals surface area (Å²) in [6.07, 6.45) is 6.86. The highest BCUT2D eigenvalue weighted by Crippen LogP contribution is 2.33. The van der Waals surface area contributed by atoms with Crippen molar-refractivity contribution in [2.75, 3.05) is 19.7 Å². The Labute approximate surface area is 119 Å². The number of ether oxygens (including phenoxy) is 1. The molecule has 2 saturated heterocycles. The summed E-state index contributed by atoms with van der Waals surface area (Å²) in [4.78, 5) is 16.1. The molecular formula is C15H21N3O2. The van der Waals surface area contributed by atoms with Gasteiger partial charge in [0.05, 0.1) is 24.7 Å². The van der Waals surface area contributed by atoms with Crippen molar-refractivity contribution in [2.24, 2.45) is 0 Å². The molecule has 1 unspecified atom stereocenters. The van der Waals surface area contributed by atoms with Crippen LogP contribution in [0.3, 0.4) is 0 Å². The van der Waals surface area contributed by atoms with Gasteiger partial charge in [-0.05, 0) is 44.0 Å². The molecule has 1 spiro atoms. The molecule has 108 valence electrons. The van der Waals surface area contributed by atoms with Gasteiger partial charge in [0, 0.05) is 12.4 Å². The minimum Gasteiger partial charge on any atom is -0.373 e. The van der Waals surface area contributed by atoms with E-state index in [-0.39, 0.29) is 17.6 Å². The molecule has 0 radical (unpaired) electrons. The fourth-order valence-corrected chi connectivity index (χ4v) is 3.13. The van der Waals surface area contributed by atoms with Gasteiger partial charge in [0.2, 0.25) is 5.91 Å². The number of pyridine rings is 1. The molecule has 2 N–H and O–H groups in total. The number of nitrogens with zero attached hydrogens (tertiary/aromatic N) is 1. The molecule has 1 amide bonds. The fourth-order valence-electron chi connectivity index (χ4n) is 3.13. The normalized spacial score (nSPS) is 24.7. The zero-order chi connectivity index (χ0) is 13.8. The molecule has 0 aromatic carbocycles. The number of hydrogen-bond acceptors (Lipinski definition) is 4. The molecule has 2 aliphatic rings. The first-order valence-electron chi connectivity index (χ1n) is 7.29. The number of amides is 1. The maximum absolute atomic E-state index is 12.0. The molecule has 2 fully saturated rings. The quantitative estimate of drug-likeness (QED) is 0.850. The smallest absolute Gasteiger partial charge is 0.224 e. The number of carbonyl (C=O) groups excluding carboxylic acids is 1. The van der Waals surface area contributed by atoms with Crippen molar-refractivity contribution in [1.82, 2.24) is 15.6 Å². The molecule has 0 aliphatic carbocycles. The van der Waals surface area contributed by atoms with Crippen LogP contribution in [0.1, 0.15) is 24.8 Å². The molecule has 1 atom stereocenters. The lowest BCUT2D eigenvalue weighted by atomic mass is 9.88. The van der Waals surface area contributed by atoms with Crippen LogP contribution >= 0.6 is 0 Å². The third-order valence-electron chi connectivity index (χ3n) is 4.18. The first-order chi connectivity index (χ1) is 9.76. The monoisotopic (exact) mass is 275 g/mol. The lowest BCUT2D eigenvalue weighted by Crippen LogP contribution is -2.43. The van der Waals surface area contributed by atoms with Gasteiger partial charge in [-0.3, -0.25) is 9.78 Å². The van der Waals surface area contributed by atoms with E-state index in [2.05, 4.69) is 15.6 Å². The summed E-state index contributed by atoms with van der Waals surface area (Å²) in [6.45, 7) is 2.66. The number of hydrogen-bond donors (Lipinski definition) is 2. The average molecular weight is 275 g/mol. The van der Waals surface area contributed by atoms with Crippen molar-refractivity contribution < 1.29 is 9.53 Å². The first kappa shape index (κ1) is 13.5. The largest absolute Gasteiger partial charge is 0.373 e. The Morgan fingerprint density at radius 2 is 2.35 bits per heavy atom. The summed E-state index contributed by atoms with van der Waals surface area (Å²) in [5.74, 6) is 0.0533. The van der Waals surface area contributed by atoms with Crippen LogP contribution in [0.2, 0.25) is 0 Å². The Morgan fingerprint density at radius 1 is 1.50 bits per heavy atom. The molecule has 20 heavy (non-hydrogen) atoms. The van der Waals surface area contributed by atoms with Crippen LogP contribution in [-0.2, 0) is 16.0 Å². The summed E-state index contributed by atoms with van der Waals surface area (Å²) in [5, 5.41) is 6.44. The minimum atomic E-state index is -0.00248. The molecule has 5 nitrogen and oxygen atoms in total. The van der Waals surface area contributed by atoms with Crippen LogP contribution in [0.5, 0.6) is 0 Å². The highest BCUT2D eigenvalue weighted by molar-refractivity contribution is 5.78. The predicted octanol–water partition coefficient (Wildman–Crippen LogP) is 0.651. The van der Waals surface area contributed by atoms with E-state index in [4.69, 9.17) is 4.74 Å². The van der Waals surface area contributed by atoms with Gasteiger partial charge in [0.1, 0.15) is 0 Å². The highest BCUT2D eigenvalue weighted by Gasteiger charge is 2.41. The summed E-state index contributed by atoms with van der Waals surface area (Å²) in [7, 11) is 0. The van der Waals surface area contributed by atoms with Crippen LogP contribution in [0, 0.1) is 0 Å². The zero-order valence-electron chi connectivity index (χ0n) is 11.6. The SMILES string of the molecule is O=C(Cc1cccnc1)NC1COC2(CCNCC2)C1. The van der Waals surface area contributed by atoms with E-state index in [1.54, 1.807) is 12.4 Å². The maximum atomic E-state index is 12.0. The van der Waals surface area contributed by atoms with Crippen molar-refractivity contribution in [3.63, 3.8) is 0 Å². The number of piperidine rings is 1. The summed E-state index contributed by atoms with van der Waals surface area (Å²) < 4.78 is 5.98. The molecule has 1 aromatic rings. The average Bonchev–Trinajstić information content (AvgIpc) is 2.83. The van der Waals surface area contributed by atoms with Crippen LogP contribution in [0.15, 0.2) is 24.5 Å². The lowest BCUT2D eigenvalue weighted by Gasteiger charge is -2.32. The molecular weight excluding hydrogens is 254 g/mol. The van der Waals surface area contributed by atoms with Gasteiger partial charge in [-0.25, -0.2) is 0 Å². The number of aromatic nitrogens is 1. The van der Waals surface area contributed by atoms with Gasteiger partial charge >= 0.3 is 0 Å². The number of rotatable bonds is 3. The van der Waals surface area contributed by atoms with E-state index in [0.717, 1.165) is 37.9 Å².